The van der Waals surface area contributed by atoms with Crippen LogP contribution in [-0.2, 0) is 6.42 Å². The van der Waals surface area contributed by atoms with Crippen LogP contribution in [0.4, 0.5) is 0 Å². The minimum absolute atomic E-state index is 0.327. The fourth-order valence-corrected chi connectivity index (χ4v) is 2.43. The van der Waals surface area contributed by atoms with Gasteiger partial charge in [0, 0.05) is 10.0 Å². The van der Waals surface area contributed by atoms with E-state index < -0.39 is 0 Å². The summed E-state index contributed by atoms with van der Waals surface area (Å²) < 4.78 is 1.16. The average molecular weight is 254 g/mol. The molecule has 2 heteroatoms. The normalized spacial score (nSPS) is 26.7. The highest BCUT2D eigenvalue weighted by Gasteiger charge is 2.27. The zero-order valence-corrected chi connectivity index (χ0v) is 10.1. The molecule has 1 unspecified atom stereocenters. The zero-order valence-electron chi connectivity index (χ0n) is 8.52. The molecule has 0 saturated carbocycles. The molecule has 1 aromatic carbocycles. The van der Waals surface area contributed by atoms with Gasteiger partial charge in [0.05, 0.1) is 0 Å². The number of benzene rings is 1. The Morgan fingerprint density at radius 3 is 2.64 bits per heavy atom. The summed E-state index contributed by atoms with van der Waals surface area (Å²) in [6.45, 7) is 3.50. The minimum atomic E-state index is 0.327. The second kappa shape index (κ2) is 4.03. The van der Waals surface area contributed by atoms with Crippen LogP contribution in [0.15, 0.2) is 28.7 Å². The van der Waals surface area contributed by atoms with Crippen LogP contribution in [-0.4, -0.2) is 12.1 Å². The summed E-state index contributed by atoms with van der Waals surface area (Å²) in [4.78, 5) is 0. The molecule has 1 aliphatic rings. The lowest BCUT2D eigenvalue weighted by Crippen LogP contribution is -2.38. The van der Waals surface area contributed by atoms with E-state index in [-0.39, 0.29) is 0 Å². The van der Waals surface area contributed by atoms with Gasteiger partial charge in [-0.25, -0.2) is 0 Å². The van der Waals surface area contributed by atoms with Crippen molar-refractivity contribution >= 4 is 15.9 Å². The van der Waals surface area contributed by atoms with E-state index in [4.69, 9.17) is 0 Å². The van der Waals surface area contributed by atoms with Gasteiger partial charge in [0.2, 0.25) is 0 Å². The van der Waals surface area contributed by atoms with Crippen molar-refractivity contribution < 1.29 is 0 Å². The van der Waals surface area contributed by atoms with Crippen molar-refractivity contribution in [2.24, 2.45) is 0 Å². The number of rotatable bonds is 2. The molecule has 1 fully saturated rings. The Kier molecular flexibility index (Phi) is 2.93. The predicted octanol–water partition coefficient (Wildman–Crippen LogP) is 3.13. The van der Waals surface area contributed by atoms with Gasteiger partial charge in [0.25, 0.3) is 0 Å². The molecule has 1 heterocycles. The predicted molar refractivity (Wildman–Crippen MR) is 63.5 cm³/mol. The van der Waals surface area contributed by atoms with Crippen molar-refractivity contribution in [3.8, 4) is 0 Å². The van der Waals surface area contributed by atoms with Gasteiger partial charge >= 0.3 is 0 Å². The molecule has 1 aromatic rings. The van der Waals surface area contributed by atoms with Crippen molar-refractivity contribution in [3.63, 3.8) is 0 Å². The standard InChI is InChI=1S/C12H16BrN/c1-12(7-2-8-14-12)9-10-3-5-11(13)6-4-10/h3-6,14H,2,7-9H2,1H3. The molecular formula is C12H16BrN. The van der Waals surface area contributed by atoms with Crippen LogP contribution in [0.5, 0.6) is 0 Å². The molecule has 0 bridgehead atoms. The van der Waals surface area contributed by atoms with Gasteiger partial charge in [-0.05, 0) is 50.4 Å². The first-order chi connectivity index (χ1) is 6.68. The summed E-state index contributed by atoms with van der Waals surface area (Å²) in [5.74, 6) is 0. The summed E-state index contributed by atoms with van der Waals surface area (Å²) in [7, 11) is 0. The van der Waals surface area contributed by atoms with E-state index in [2.05, 4.69) is 52.4 Å². The van der Waals surface area contributed by atoms with E-state index in [0.717, 1.165) is 10.9 Å². The maximum Gasteiger partial charge on any atom is 0.0194 e. The van der Waals surface area contributed by atoms with Gasteiger partial charge in [-0.2, -0.15) is 0 Å². The first-order valence-corrected chi connectivity index (χ1v) is 5.97. The number of halogens is 1. The van der Waals surface area contributed by atoms with Crippen LogP contribution >= 0.6 is 15.9 Å². The Labute approximate surface area is 94.0 Å². The third-order valence-corrected chi connectivity index (χ3v) is 3.49. The highest BCUT2D eigenvalue weighted by atomic mass is 79.9. The third kappa shape index (κ3) is 2.37. The molecule has 0 spiro atoms. The van der Waals surface area contributed by atoms with Gasteiger partial charge in [-0.1, -0.05) is 28.1 Å². The molecule has 1 saturated heterocycles. The quantitative estimate of drug-likeness (QED) is 0.854. The van der Waals surface area contributed by atoms with E-state index in [1.54, 1.807) is 0 Å². The molecule has 0 aromatic heterocycles. The number of nitrogens with one attached hydrogen (secondary N) is 1. The van der Waals surface area contributed by atoms with E-state index in [0.29, 0.717) is 5.54 Å². The minimum Gasteiger partial charge on any atom is -0.311 e. The van der Waals surface area contributed by atoms with Crippen molar-refractivity contribution in [2.75, 3.05) is 6.54 Å². The first kappa shape index (κ1) is 10.2. The SMILES string of the molecule is CC1(Cc2ccc(Br)cc2)CCCN1. The van der Waals surface area contributed by atoms with Crippen LogP contribution in [0.25, 0.3) is 0 Å². The molecule has 0 aliphatic carbocycles. The largest absolute Gasteiger partial charge is 0.311 e. The Morgan fingerprint density at radius 2 is 2.07 bits per heavy atom. The topological polar surface area (TPSA) is 12.0 Å². The van der Waals surface area contributed by atoms with Crippen LogP contribution < -0.4 is 5.32 Å². The summed E-state index contributed by atoms with van der Waals surface area (Å²) in [5.41, 5.74) is 1.75. The van der Waals surface area contributed by atoms with Gasteiger partial charge in [-0.3, -0.25) is 0 Å². The van der Waals surface area contributed by atoms with Crippen LogP contribution in [0.2, 0.25) is 0 Å². The Bertz CT molecular complexity index is 299. The van der Waals surface area contributed by atoms with Crippen molar-refractivity contribution in [1.82, 2.24) is 5.32 Å². The van der Waals surface area contributed by atoms with Gasteiger partial charge in [-0.15, -0.1) is 0 Å². The van der Waals surface area contributed by atoms with Crippen molar-refractivity contribution in [2.45, 2.75) is 31.7 Å². The monoisotopic (exact) mass is 253 g/mol. The Morgan fingerprint density at radius 1 is 1.36 bits per heavy atom. The van der Waals surface area contributed by atoms with E-state index in [1.165, 1.54) is 24.9 Å². The lowest BCUT2D eigenvalue weighted by Gasteiger charge is -2.24. The summed E-state index contributed by atoms with van der Waals surface area (Å²) in [6, 6.07) is 8.64. The molecule has 0 amide bonds. The van der Waals surface area contributed by atoms with E-state index in [1.807, 2.05) is 0 Å². The Hall–Kier alpha value is -0.340. The summed E-state index contributed by atoms with van der Waals surface area (Å²) >= 11 is 3.46. The first-order valence-electron chi connectivity index (χ1n) is 5.17. The molecule has 14 heavy (non-hydrogen) atoms. The Balaban J connectivity index is 2.06. The molecule has 1 nitrogen and oxygen atoms in total. The van der Waals surface area contributed by atoms with Crippen molar-refractivity contribution in [3.05, 3.63) is 34.3 Å². The number of hydrogen-bond donors (Lipinski definition) is 1. The van der Waals surface area contributed by atoms with Gasteiger partial charge in [0.1, 0.15) is 0 Å². The lowest BCUT2D eigenvalue weighted by molar-refractivity contribution is 0.412. The highest BCUT2D eigenvalue weighted by Crippen LogP contribution is 2.24. The molecule has 0 radical (unpaired) electrons. The zero-order chi connectivity index (χ0) is 10.0. The van der Waals surface area contributed by atoms with E-state index >= 15 is 0 Å². The van der Waals surface area contributed by atoms with Crippen LogP contribution in [0, 0.1) is 0 Å². The smallest absolute Gasteiger partial charge is 0.0194 e. The summed E-state index contributed by atoms with van der Waals surface area (Å²) in [6.07, 6.45) is 3.75. The molecule has 1 N–H and O–H groups in total. The molecule has 1 atom stereocenters. The second-order valence-electron chi connectivity index (χ2n) is 4.39. The molecular weight excluding hydrogens is 238 g/mol. The third-order valence-electron chi connectivity index (χ3n) is 2.96. The maximum atomic E-state index is 3.58. The average Bonchev–Trinajstić information content (AvgIpc) is 2.57. The van der Waals surface area contributed by atoms with Crippen LogP contribution in [0.1, 0.15) is 25.3 Å². The molecule has 76 valence electrons. The van der Waals surface area contributed by atoms with Crippen LogP contribution in [0.3, 0.4) is 0 Å². The second-order valence-corrected chi connectivity index (χ2v) is 5.31. The van der Waals surface area contributed by atoms with Gasteiger partial charge in [0.15, 0.2) is 0 Å². The number of hydrogen-bond acceptors (Lipinski definition) is 1. The summed E-state index contributed by atoms with van der Waals surface area (Å²) in [5, 5.41) is 3.58. The van der Waals surface area contributed by atoms with Crippen molar-refractivity contribution in [1.29, 1.82) is 0 Å². The molecule has 2 rings (SSSR count). The highest BCUT2D eigenvalue weighted by molar-refractivity contribution is 9.10. The fraction of sp³-hybridized carbons (Fsp3) is 0.500. The van der Waals surface area contributed by atoms with Gasteiger partial charge < -0.3 is 5.32 Å². The fourth-order valence-electron chi connectivity index (χ4n) is 2.16. The lowest BCUT2D eigenvalue weighted by atomic mass is 9.91. The molecule has 1 aliphatic heterocycles. The maximum absolute atomic E-state index is 3.58. The van der Waals surface area contributed by atoms with E-state index in [9.17, 15) is 0 Å².